The lowest BCUT2D eigenvalue weighted by Gasteiger charge is -2.50. The molecule has 2 amide bonds. The first kappa shape index (κ1) is 19.1. The van der Waals surface area contributed by atoms with E-state index >= 15 is 0 Å². The Morgan fingerprint density at radius 2 is 1.86 bits per heavy atom. The maximum atomic E-state index is 13.3. The monoisotopic (exact) mass is 403 g/mol. The van der Waals surface area contributed by atoms with Crippen LogP contribution in [0.2, 0.25) is 0 Å². The molecule has 0 aliphatic carbocycles. The summed E-state index contributed by atoms with van der Waals surface area (Å²) in [5.74, 6) is 0.702. The van der Waals surface area contributed by atoms with Gasteiger partial charge in [-0.2, -0.15) is 0 Å². The Bertz CT molecular complexity index is 782. The third-order valence-electron chi connectivity index (χ3n) is 7.08. The first-order valence-electron chi connectivity index (χ1n) is 10.8. The van der Waals surface area contributed by atoms with Gasteiger partial charge in [-0.3, -0.25) is 9.59 Å². The molecule has 29 heavy (non-hydrogen) atoms. The standard InChI is InChI=1S/C21H29N3O5/c1-13-18(14(2)29-22-13)20(26)24-15-5-6-16(24)11-21(10-15)12-23(7-9-28-21)19(25)17-4-3-8-27-17/h15-17H,3-12H2,1-2H3/t15-,16+,17-,21?/m1/s1. The number of ether oxygens (including phenoxy) is 2. The van der Waals surface area contributed by atoms with Crippen molar-refractivity contribution in [2.45, 2.75) is 76.2 Å². The highest BCUT2D eigenvalue weighted by Gasteiger charge is 2.53. The summed E-state index contributed by atoms with van der Waals surface area (Å²) in [5.41, 5.74) is 0.889. The lowest BCUT2D eigenvalue weighted by Crippen LogP contribution is -2.62. The highest BCUT2D eigenvalue weighted by Crippen LogP contribution is 2.45. The average Bonchev–Trinajstić information content (AvgIpc) is 3.41. The number of carbonyl (C=O) groups is 2. The Hall–Kier alpha value is -1.93. The third kappa shape index (κ3) is 3.17. The van der Waals surface area contributed by atoms with Gasteiger partial charge in [0.15, 0.2) is 0 Å². The summed E-state index contributed by atoms with van der Waals surface area (Å²) in [4.78, 5) is 30.1. The Labute approximate surface area is 170 Å². The Balaban J connectivity index is 1.32. The summed E-state index contributed by atoms with van der Waals surface area (Å²) in [6.45, 7) is 6.06. The van der Waals surface area contributed by atoms with Crippen molar-refractivity contribution < 1.29 is 23.6 Å². The van der Waals surface area contributed by atoms with Crippen molar-refractivity contribution in [1.82, 2.24) is 15.0 Å². The van der Waals surface area contributed by atoms with E-state index in [2.05, 4.69) is 5.16 Å². The van der Waals surface area contributed by atoms with E-state index < -0.39 is 0 Å². The van der Waals surface area contributed by atoms with E-state index in [9.17, 15) is 9.59 Å². The number of rotatable bonds is 2. The maximum Gasteiger partial charge on any atom is 0.259 e. The third-order valence-corrected chi connectivity index (χ3v) is 7.08. The number of hydrogen-bond acceptors (Lipinski definition) is 6. The highest BCUT2D eigenvalue weighted by molar-refractivity contribution is 5.96. The minimum Gasteiger partial charge on any atom is -0.371 e. The fraction of sp³-hybridized carbons (Fsp3) is 0.762. The first-order chi connectivity index (χ1) is 14.0. The zero-order chi connectivity index (χ0) is 20.2. The van der Waals surface area contributed by atoms with Crippen LogP contribution in [-0.4, -0.2) is 76.9 Å². The Morgan fingerprint density at radius 3 is 2.48 bits per heavy atom. The van der Waals surface area contributed by atoms with E-state index in [4.69, 9.17) is 14.0 Å². The van der Waals surface area contributed by atoms with Crippen LogP contribution >= 0.6 is 0 Å². The van der Waals surface area contributed by atoms with Crippen LogP contribution in [0.5, 0.6) is 0 Å². The van der Waals surface area contributed by atoms with Gasteiger partial charge in [-0.25, -0.2) is 0 Å². The zero-order valence-electron chi connectivity index (χ0n) is 17.2. The lowest BCUT2D eigenvalue weighted by molar-refractivity contribution is -0.169. The molecule has 4 fully saturated rings. The Morgan fingerprint density at radius 1 is 1.10 bits per heavy atom. The molecule has 0 N–H and O–H groups in total. The van der Waals surface area contributed by atoms with Crippen LogP contribution in [0.15, 0.2) is 4.52 Å². The van der Waals surface area contributed by atoms with Crippen molar-refractivity contribution in [3.63, 3.8) is 0 Å². The van der Waals surface area contributed by atoms with Gasteiger partial charge in [0.05, 0.1) is 17.9 Å². The molecule has 1 aromatic heterocycles. The normalized spacial score (nSPS) is 34.2. The van der Waals surface area contributed by atoms with Crippen LogP contribution in [0.1, 0.15) is 60.3 Å². The number of amides is 2. The molecule has 2 bridgehead atoms. The van der Waals surface area contributed by atoms with Crippen LogP contribution in [0, 0.1) is 13.8 Å². The molecule has 8 heteroatoms. The summed E-state index contributed by atoms with van der Waals surface area (Å²) < 4.78 is 17.1. The van der Waals surface area contributed by atoms with E-state index in [1.807, 2.05) is 16.7 Å². The summed E-state index contributed by atoms with van der Waals surface area (Å²) in [6.07, 6.45) is 4.98. The summed E-state index contributed by atoms with van der Waals surface area (Å²) in [5, 5.41) is 3.95. The second kappa shape index (κ2) is 7.09. The molecule has 0 aromatic carbocycles. The molecule has 1 unspecified atom stereocenters. The van der Waals surface area contributed by atoms with Gasteiger partial charge in [-0.15, -0.1) is 0 Å². The molecule has 0 saturated carbocycles. The van der Waals surface area contributed by atoms with Gasteiger partial charge < -0.3 is 23.8 Å². The van der Waals surface area contributed by atoms with E-state index in [1.165, 1.54) is 0 Å². The number of nitrogens with zero attached hydrogens (tertiary/aromatic N) is 3. The van der Waals surface area contributed by atoms with Crippen LogP contribution < -0.4 is 0 Å². The van der Waals surface area contributed by atoms with Crippen LogP contribution in [0.4, 0.5) is 0 Å². The number of carbonyl (C=O) groups excluding carboxylic acids is 2. The molecular formula is C21H29N3O5. The van der Waals surface area contributed by atoms with Gasteiger partial charge in [0, 0.05) is 31.8 Å². The molecule has 0 radical (unpaired) electrons. The second-order valence-corrected chi connectivity index (χ2v) is 9.00. The summed E-state index contributed by atoms with van der Waals surface area (Å²) in [6, 6.07) is 0.264. The number of aryl methyl sites for hydroxylation is 2. The average molecular weight is 403 g/mol. The van der Waals surface area contributed by atoms with Crippen LogP contribution in [0.3, 0.4) is 0 Å². The fourth-order valence-electron chi connectivity index (χ4n) is 5.81. The number of piperidine rings is 1. The van der Waals surface area contributed by atoms with Gasteiger partial charge in [0.25, 0.3) is 11.8 Å². The van der Waals surface area contributed by atoms with E-state index in [-0.39, 0.29) is 35.6 Å². The van der Waals surface area contributed by atoms with Gasteiger partial charge >= 0.3 is 0 Å². The molecule has 4 aliphatic rings. The largest absolute Gasteiger partial charge is 0.371 e. The molecule has 4 saturated heterocycles. The highest BCUT2D eigenvalue weighted by atomic mass is 16.5. The fourth-order valence-corrected chi connectivity index (χ4v) is 5.81. The number of fused-ring (bicyclic) bond motifs is 2. The molecule has 4 atom stereocenters. The predicted molar refractivity (Wildman–Crippen MR) is 102 cm³/mol. The van der Waals surface area contributed by atoms with Gasteiger partial charge in [0.1, 0.15) is 17.4 Å². The minimum absolute atomic E-state index is 0.0201. The molecule has 5 heterocycles. The van der Waals surface area contributed by atoms with Crippen molar-refractivity contribution >= 4 is 11.8 Å². The molecule has 1 aromatic rings. The number of aromatic nitrogens is 1. The maximum absolute atomic E-state index is 13.3. The molecule has 5 rings (SSSR count). The van der Waals surface area contributed by atoms with Crippen molar-refractivity contribution in [1.29, 1.82) is 0 Å². The minimum atomic E-state index is -0.353. The van der Waals surface area contributed by atoms with E-state index in [0.717, 1.165) is 38.5 Å². The number of morpholine rings is 1. The van der Waals surface area contributed by atoms with Gasteiger partial charge in [-0.05, 0) is 52.4 Å². The topological polar surface area (TPSA) is 85.1 Å². The van der Waals surface area contributed by atoms with Crippen molar-refractivity contribution in [3.8, 4) is 0 Å². The zero-order valence-corrected chi connectivity index (χ0v) is 17.2. The molecular weight excluding hydrogens is 374 g/mol. The van der Waals surface area contributed by atoms with E-state index in [0.29, 0.717) is 43.3 Å². The lowest BCUT2D eigenvalue weighted by atomic mass is 9.83. The smallest absolute Gasteiger partial charge is 0.259 e. The quantitative estimate of drug-likeness (QED) is 0.749. The summed E-state index contributed by atoms with van der Waals surface area (Å²) in [7, 11) is 0. The second-order valence-electron chi connectivity index (χ2n) is 9.00. The Kier molecular flexibility index (Phi) is 4.66. The molecule has 8 nitrogen and oxygen atoms in total. The molecule has 4 aliphatic heterocycles. The van der Waals surface area contributed by atoms with Crippen molar-refractivity contribution in [3.05, 3.63) is 17.0 Å². The first-order valence-corrected chi connectivity index (χ1v) is 10.8. The predicted octanol–water partition coefficient (Wildman–Crippen LogP) is 1.84. The number of hydrogen-bond donors (Lipinski definition) is 0. The van der Waals surface area contributed by atoms with Crippen molar-refractivity contribution in [2.75, 3.05) is 26.3 Å². The molecule has 158 valence electrons. The van der Waals surface area contributed by atoms with Gasteiger partial charge in [-0.1, -0.05) is 5.16 Å². The van der Waals surface area contributed by atoms with E-state index in [1.54, 1.807) is 6.92 Å². The molecule has 1 spiro atoms. The van der Waals surface area contributed by atoms with Crippen molar-refractivity contribution in [2.24, 2.45) is 0 Å². The SMILES string of the molecule is Cc1noc(C)c1C(=O)N1[C@@H]2CC[C@H]1CC1(C2)CN(C(=O)[C@H]2CCCO2)CCO1. The van der Waals surface area contributed by atoms with Gasteiger partial charge in [0.2, 0.25) is 0 Å². The summed E-state index contributed by atoms with van der Waals surface area (Å²) >= 11 is 0. The van der Waals surface area contributed by atoms with Crippen LogP contribution in [-0.2, 0) is 14.3 Å². The van der Waals surface area contributed by atoms with Crippen LogP contribution in [0.25, 0.3) is 0 Å².